The van der Waals surface area contributed by atoms with Crippen molar-refractivity contribution in [1.29, 1.82) is 0 Å². The van der Waals surface area contributed by atoms with E-state index in [1.807, 2.05) is 0 Å². The third kappa shape index (κ3) is 4.15. The van der Waals surface area contributed by atoms with E-state index in [0.29, 0.717) is 16.8 Å². The highest BCUT2D eigenvalue weighted by molar-refractivity contribution is 6.00. The summed E-state index contributed by atoms with van der Waals surface area (Å²) in [5.41, 5.74) is 1.33. The predicted molar refractivity (Wildman–Crippen MR) is 81.7 cm³/mol. The molecule has 122 valence electrons. The van der Waals surface area contributed by atoms with E-state index in [2.05, 4.69) is 10.6 Å². The molecule has 23 heavy (non-hydrogen) atoms. The monoisotopic (exact) mass is 324 g/mol. The maximum absolute atomic E-state index is 12.5. The van der Waals surface area contributed by atoms with Gasteiger partial charge in [0.1, 0.15) is 5.75 Å². The Hall–Kier alpha value is -2.70. The lowest BCUT2D eigenvalue weighted by Crippen LogP contribution is -2.20. The first-order valence-corrected chi connectivity index (χ1v) is 6.72. The van der Waals surface area contributed by atoms with Gasteiger partial charge in [-0.15, -0.1) is 0 Å². The van der Waals surface area contributed by atoms with Gasteiger partial charge in [-0.2, -0.15) is 13.2 Å². The van der Waals surface area contributed by atoms with Crippen LogP contribution >= 0.6 is 0 Å². The zero-order valence-electron chi connectivity index (χ0n) is 12.5. The van der Waals surface area contributed by atoms with Crippen molar-refractivity contribution in [3.63, 3.8) is 0 Å². The van der Waals surface area contributed by atoms with Crippen molar-refractivity contribution in [1.82, 2.24) is 0 Å². The third-order valence-corrected chi connectivity index (χ3v) is 3.23. The topological polar surface area (TPSA) is 61.4 Å². The smallest absolute Gasteiger partial charge is 0.416 e. The number of phenols is 1. The Morgan fingerprint density at radius 1 is 1.00 bits per heavy atom. The minimum absolute atomic E-state index is 0.0914. The number of anilines is 2. The van der Waals surface area contributed by atoms with E-state index in [1.54, 1.807) is 13.8 Å². The van der Waals surface area contributed by atoms with Crippen molar-refractivity contribution in [2.75, 3.05) is 10.6 Å². The lowest BCUT2D eigenvalue weighted by Gasteiger charge is -2.13. The van der Waals surface area contributed by atoms with Crippen LogP contribution in [0.3, 0.4) is 0 Å². The molecule has 0 aromatic heterocycles. The van der Waals surface area contributed by atoms with Gasteiger partial charge >= 0.3 is 12.2 Å². The van der Waals surface area contributed by atoms with E-state index in [-0.39, 0.29) is 11.4 Å². The van der Waals surface area contributed by atoms with Gasteiger partial charge in [0.05, 0.1) is 5.56 Å². The molecule has 0 saturated heterocycles. The zero-order chi connectivity index (χ0) is 17.2. The number of carbonyl (C=O) groups is 1. The number of hydrogen-bond acceptors (Lipinski definition) is 2. The molecular formula is C16H15F3N2O2. The van der Waals surface area contributed by atoms with E-state index in [1.165, 1.54) is 24.3 Å². The van der Waals surface area contributed by atoms with Crippen LogP contribution < -0.4 is 10.6 Å². The number of nitrogens with one attached hydrogen (secondary N) is 2. The molecule has 2 rings (SSSR count). The van der Waals surface area contributed by atoms with Gasteiger partial charge in [-0.3, -0.25) is 0 Å². The van der Waals surface area contributed by atoms with Crippen LogP contribution in [0.2, 0.25) is 0 Å². The summed E-state index contributed by atoms with van der Waals surface area (Å²) in [6.07, 6.45) is -4.42. The number of aryl methyl sites for hydroxylation is 2. The summed E-state index contributed by atoms with van der Waals surface area (Å²) in [5, 5.41) is 14.5. The molecule has 0 aliphatic carbocycles. The molecule has 0 bridgehead atoms. The predicted octanol–water partition coefficient (Wildman–Crippen LogP) is 4.67. The summed E-state index contributed by atoms with van der Waals surface area (Å²) in [6.45, 7) is 3.45. The molecule has 2 aromatic carbocycles. The van der Waals surface area contributed by atoms with Gasteiger partial charge in [0.2, 0.25) is 0 Å². The molecule has 0 aliphatic rings. The molecule has 7 heteroatoms. The third-order valence-electron chi connectivity index (χ3n) is 3.23. The van der Waals surface area contributed by atoms with Gasteiger partial charge in [-0.05, 0) is 61.4 Å². The van der Waals surface area contributed by atoms with Gasteiger partial charge in [-0.1, -0.05) is 0 Å². The summed E-state index contributed by atoms with van der Waals surface area (Å²) in [4.78, 5) is 11.9. The molecule has 0 aliphatic heterocycles. The highest BCUT2D eigenvalue weighted by atomic mass is 19.4. The Morgan fingerprint density at radius 3 is 2.00 bits per heavy atom. The zero-order valence-corrected chi connectivity index (χ0v) is 12.5. The minimum Gasteiger partial charge on any atom is -0.508 e. The molecule has 3 N–H and O–H groups in total. The first-order valence-electron chi connectivity index (χ1n) is 6.72. The van der Waals surface area contributed by atoms with E-state index in [9.17, 15) is 23.1 Å². The summed E-state index contributed by atoms with van der Waals surface area (Å²) in [5.74, 6) is 0.0914. The second-order valence-electron chi connectivity index (χ2n) is 5.11. The maximum Gasteiger partial charge on any atom is 0.416 e. The van der Waals surface area contributed by atoms with Crippen molar-refractivity contribution in [2.45, 2.75) is 20.0 Å². The van der Waals surface area contributed by atoms with Crippen molar-refractivity contribution < 1.29 is 23.1 Å². The van der Waals surface area contributed by atoms with Crippen molar-refractivity contribution >= 4 is 17.4 Å². The average molecular weight is 324 g/mol. The van der Waals surface area contributed by atoms with E-state index in [0.717, 1.165) is 12.1 Å². The summed E-state index contributed by atoms with van der Waals surface area (Å²) >= 11 is 0. The molecule has 0 atom stereocenters. The summed E-state index contributed by atoms with van der Waals surface area (Å²) in [6, 6.07) is 6.57. The number of benzene rings is 2. The lowest BCUT2D eigenvalue weighted by atomic mass is 10.1. The number of rotatable bonds is 2. The summed E-state index contributed by atoms with van der Waals surface area (Å²) in [7, 11) is 0. The van der Waals surface area contributed by atoms with Gasteiger partial charge < -0.3 is 15.7 Å². The Labute approximate surface area is 131 Å². The van der Waals surface area contributed by atoms with Crippen LogP contribution in [0.4, 0.5) is 29.3 Å². The molecular weight excluding hydrogens is 309 g/mol. The van der Waals surface area contributed by atoms with Crippen LogP contribution in [-0.2, 0) is 6.18 Å². The highest BCUT2D eigenvalue weighted by Crippen LogP contribution is 2.30. The number of amides is 2. The number of carbonyl (C=O) groups excluding carboxylic acids is 1. The molecule has 0 fully saturated rings. The van der Waals surface area contributed by atoms with Gasteiger partial charge in [-0.25, -0.2) is 4.79 Å². The van der Waals surface area contributed by atoms with Gasteiger partial charge in [0.15, 0.2) is 0 Å². The number of aromatic hydroxyl groups is 1. The van der Waals surface area contributed by atoms with Crippen LogP contribution in [0.15, 0.2) is 36.4 Å². The van der Waals surface area contributed by atoms with E-state index in [4.69, 9.17) is 0 Å². The van der Waals surface area contributed by atoms with Crippen LogP contribution in [0.25, 0.3) is 0 Å². The highest BCUT2D eigenvalue weighted by Gasteiger charge is 2.29. The van der Waals surface area contributed by atoms with Gasteiger partial charge in [0, 0.05) is 11.4 Å². The second-order valence-corrected chi connectivity index (χ2v) is 5.11. The fourth-order valence-corrected chi connectivity index (χ4v) is 2.16. The Balaban J connectivity index is 2.08. The number of halogens is 3. The minimum atomic E-state index is -4.42. The van der Waals surface area contributed by atoms with E-state index >= 15 is 0 Å². The molecule has 0 heterocycles. The number of phenolic OH excluding ortho intramolecular Hbond substituents is 1. The Morgan fingerprint density at radius 2 is 1.52 bits per heavy atom. The second kappa shape index (κ2) is 6.20. The van der Waals surface area contributed by atoms with E-state index < -0.39 is 17.8 Å². The maximum atomic E-state index is 12.5. The molecule has 0 spiro atoms. The van der Waals surface area contributed by atoms with Gasteiger partial charge in [0.25, 0.3) is 0 Å². The molecule has 0 radical (unpaired) electrons. The SMILES string of the molecule is Cc1cc(O)cc(C)c1NC(=O)Nc1ccc(C(F)(F)F)cc1. The molecule has 2 aromatic rings. The molecule has 0 saturated carbocycles. The number of urea groups is 1. The first-order chi connectivity index (χ1) is 10.7. The fourth-order valence-electron chi connectivity index (χ4n) is 2.16. The summed E-state index contributed by atoms with van der Waals surface area (Å²) < 4.78 is 37.4. The molecule has 2 amide bonds. The molecule has 0 unspecified atom stereocenters. The van der Waals surface area contributed by atoms with Crippen molar-refractivity contribution in [3.05, 3.63) is 53.1 Å². The Bertz CT molecular complexity index is 702. The van der Waals surface area contributed by atoms with Crippen LogP contribution in [-0.4, -0.2) is 11.1 Å². The van der Waals surface area contributed by atoms with Crippen molar-refractivity contribution in [2.24, 2.45) is 0 Å². The fraction of sp³-hybridized carbons (Fsp3) is 0.188. The van der Waals surface area contributed by atoms with Crippen LogP contribution in [0.1, 0.15) is 16.7 Å². The normalized spacial score (nSPS) is 11.2. The standard InChI is InChI=1S/C16H15F3N2O2/c1-9-7-13(22)8-10(2)14(9)21-15(23)20-12-5-3-11(4-6-12)16(17,18)19/h3-8,22H,1-2H3,(H2,20,21,23). The van der Waals surface area contributed by atoms with Crippen LogP contribution in [0.5, 0.6) is 5.75 Å². The number of hydrogen-bond donors (Lipinski definition) is 3. The first kappa shape index (κ1) is 16.7. The lowest BCUT2D eigenvalue weighted by molar-refractivity contribution is -0.137. The quantitative estimate of drug-likeness (QED) is 0.703. The largest absolute Gasteiger partial charge is 0.508 e. The average Bonchev–Trinajstić information content (AvgIpc) is 2.42. The van der Waals surface area contributed by atoms with Crippen LogP contribution in [0, 0.1) is 13.8 Å². The van der Waals surface area contributed by atoms with Crippen molar-refractivity contribution in [3.8, 4) is 5.75 Å². The number of alkyl halides is 3. The Kier molecular flexibility index (Phi) is 4.49. The molecule has 4 nitrogen and oxygen atoms in total.